The van der Waals surface area contributed by atoms with E-state index in [9.17, 15) is 56.6 Å². The first-order chi connectivity index (χ1) is 10.3. The first-order valence-corrected chi connectivity index (χ1v) is 5.85. The fourth-order valence-corrected chi connectivity index (χ4v) is 0.353. The Hall–Kier alpha value is -1.38. The van der Waals surface area contributed by atoms with Crippen molar-refractivity contribution in [1.82, 2.24) is 4.90 Å². The Kier molecular flexibility index (Phi) is 15.1. The molecule has 0 aliphatic rings. The number of nitrogens with zero attached hydrogens (tertiary/aromatic N) is 1. The zero-order chi connectivity index (χ0) is 21.9. The van der Waals surface area contributed by atoms with Gasteiger partial charge in [0.2, 0.25) is 0 Å². The molecule has 0 aliphatic heterocycles. The van der Waals surface area contributed by atoms with Crippen molar-refractivity contribution >= 4 is 27.9 Å². The highest BCUT2D eigenvalue weighted by molar-refractivity contribution is 6.50. The summed E-state index contributed by atoms with van der Waals surface area (Å²) in [6.07, 6.45) is -0.299. The van der Waals surface area contributed by atoms with Gasteiger partial charge in [0.05, 0.1) is 0 Å². The highest BCUT2D eigenvalue weighted by atomic mass is 19.5. The largest absolute Gasteiger partial charge is 0.673 e. The quantitative estimate of drug-likeness (QED) is 0.400. The predicted octanol–water partition coefficient (Wildman–Crippen LogP) is 5.38. The van der Waals surface area contributed by atoms with E-state index in [4.69, 9.17) is 4.74 Å². The summed E-state index contributed by atoms with van der Waals surface area (Å²) >= 11 is 0. The Balaban J connectivity index is -0.000000126. The molecule has 0 heterocycles. The third kappa shape index (κ3) is 166. The van der Waals surface area contributed by atoms with E-state index in [0.29, 0.717) is 0 Å². The molecule has 18 heteroatoms. The summed E-state index contributed by atoms with van der Waals surface area (Å²) in [7, 11) is -14.7. The molecule has 0 bridgehead atoms. The third-order valence-corrected chi connectivity index (χ3v) is 0.759. The Morgan fingerprint density at radius 1 is 0.680 bits per heavy atom. The van der Waals surface area contributed by atoms with E-state index in [2.05, 4.69) is 0 Å². The number of carbonyl (C=O) groups is 1. The fourth-order valence-electron chi connectivity index (χ4n) is 0.353. The van der Waals surface area contributed by atoms with Crippen LogP contribution in [0.4, 0.5) is 56.6 Å². The molecule has 0 unspecified atom stereocenters. The number of halogens is 12. The molecule has 3 nitrogen and oxygen atoms in total. The van der Waals surface area contributed by atoms with Crippen LogP contribution in [-0.4, -0.2) is 52.5 Å². The van der Waals surface area contributed by atoms with Gasteiger partial charge in [-0.05, 0) is 20.8 Å². The lowest BCUT2D eigenvalue weighted by atomic mass is 10.2. The average Bonchev–Trinajstić information content (AvgIpc) is 2.04. The van der Waals surface area contributed by atoms with Crippen molar-refractivity contribution in [2.45, 2.75) is 26.4 Å². The van der Waals surface area contributed by atoms with Gasteiger partial charge < -0.3 is 61.4 Å². The maximum atomic E-state index is 10.9. The summed E-state index contributed by atoms with van der Waals surface area (Å²) in [5, 5.41) is 0. The smallest absolute Gasteiger partial charge is 0.444 e. The van der Waals surface area contributed by atoms with Crippen LogP contribution in [0.5, 0.6) is 0 Å². The van der Waals surface area contributed by atoms with Gasteiger partial charge in [-0.1, -0.05) is 0 Å². The number of hydrogen-bond acceptors (Lipinski definition) is 2. The van der Waals surface area contributed by atoms with Crippen molar-refractivity contribution < 1.29 is 61.3 Å². The summed E-state index contributed by atoms with van der Waals surface area (Å²) < 4.78 is 122. The van der Waals surface area contributed by atoms with Gasteiger partial charge >= 0.3 is 27.9 Å². The van der Waals surface area contributed by atoms with Crippen molar-refractivity contribution in [3.05, 3.63) is 0 Å². The maximum Gasteiger partial charge on any atom is 0.673 e. The second-order valence-electron chi connectivity index (χ2n) is 4.86. The van der Waals surface area contributed by atoms with Gasteiger partial charge in [-0.2, -0.15) is 0 Å². The van der Waals surface area contributed by atoms with Gasteiger partial charge in [-0.15, -0.1) is 0 Å². The summed E-state index contributed by atoms with van der Waals surface area (Å²) in [6, 6.07) is 0. The Morgan fingerprint density at radius 2 is 0.840 bits per heavy atom. The fraction of sp³-hybridized carbons (Fsp3) is 0.857. The number of hydrogen-bond donors (Lipinski definition) is 0. The van der Waals surface area contributed by atoms with Crippen LogP contribution >= 0.6 is 0 Å². The van der Waals surface area contributed by atoms with Crippen LogP contribution in [-0.2, 0) is 4.74 Å². The molecule has 0 N–H and O–H groups in total. The molecule has 0 spiro atoms. The van der Waals surface area contributed by atoms with Gasteiger partial charge in [0.15, 0.2) is 0 Å². The number of carbonyl (C=O) groups excluding carboxylic acids is 1. The lowest BCUT2D eigenvalue weighted by Crippen LogP contribution is -2.31. The van der Waals surface area contributed by atoms with E-state index in [-0.39, 0.29) is 11.7 Å². The SMILES string of the molecule is CN(C)C(=O)OC(C)(C)C.F[B-](F)(F)F.F[B-](F)(F)F.F[B-](F)(F)F. The monoisotopic (exact) mass is 406 g/mol. The van der Waals surface area contributed by atoms with Gasteiger partial charge in [-0.25, -0.2) is 4.79 Å². The molecule has 156 valence electrons. The van der Waals surface area contributed by atoms with Crippen molar-refractivity contribution in [1.29, 1.82) is 0 Å². The Labute approximate surface area is 136 Å². The van der Waals surface area contributed by atoms with Crippen LogP contribution in [0.2, 0.25) is 0 Å². The Bertz CT molecular complexity index is 302. The molecular weight excluding hydrogens is 390 g/mol. The van der Waals surface area contributed by atoms with Crippen molar-refractivity contribution in [2.24, 2.45) is 0 Å². The second-order valence-corrected chi connectivity index (χ2v) is 4.86. The normalized spacial score (nSPS) is 11.6. The lowest BCUT2D eigenvalue weighted by Gasteiger charge is -2.22. The summed E-state index contributed by atoms with van der Waals surface area (Å²) in [6.45, 7) is 5.52. The highest BCUT2D eigenvalue weighted by Gasteiger charge is 2.21. The molecule has 1 amide bonds. The van der Waals surface area contributed by atoms with E-state index in [1.807, 2.05) is 20.8 Å². The van der Waals surface area contributed by atoms with Crippen molar-refractivity contribution in [3.63, 3.8) is 0 Å². The van der Waals surface area contributed by atoms with E-state index in [1.54, 1.807) is 14.1 Å². The van der Waals surface area contributed by atoms with Gasteiger partial charge in [0.1, 0.15) is 5.60 Å². The van der Waals surface area contributed by atoms with Gasteiger partial charge in [0.25, 0.3) is 0 Å². The molecule has 0 aromatic heterocycles. The van der Waals surface area contributed by atoms with Gasteiger partial charge in [0, 0.05) is 14.1 Å². The van der Waals surface area contributed by atoms with Gasteiger partial charge in [-0.3, -0.25) is 0 Å². The van der Waals surface area contributed by atoms with Crippen LogP contribution in [0, 0.1) is 0 Å². The molecule has 0 aliphatic carbocycles. The topological polar surface area (TPSA) is 29.5 Å². The standard InChI is InChI=1S/C7H15NO2.3BF4/c1-7(2,3)10-6(9)8(4)5;3*2-1(3,4)5/h1-5H3;;;/q;3*-1. The van der Waals surface area contributed by atoms with Crippen LogP contribution in [0.1, 0.15) is 20.8 Å². The summed E-state index contributed by atoms with van der Waals surface area (Å²) in [5.74, 6) is 0. The minimum atomic E-state index is -6.00. The van der Waals surface area contributed by atoms with E-state index in [0.717, 1.165) is 0 Å². The van der Waals surface area contributed by atoms with Crippen LogP contribution in [0.15, 0.2) is 0 Å². The zero-order valence-electron chi connectivity index (χ0n) is 13.5. The van der Waals surface area contributed by atoms with Crippen molar-refractivity contribution in [2.75, 3.05) is 14.1 Å². The third-order valence-electron chi connectivity index (χ3n) is 0.759. The number of ether oxygens (including phenoxy) is 1. The van der Waals surface area contributed by atoms with Crippen molar-refractivity contribution in [3.8, 4) is 0 Å². The molecule has 0 fully saturated rings. The first-order valence-electron chi connectivity index (χ1n) is 5.85. The molecule has 0 aromatic rings. The molecule has 25 heavy (non-hydrogen) atoms. The van der Waals surface area contributed by atoms with E-state index >= 15 is 0 Å². The average molecular weight is 406 g/mol. The second kappa shape index (κ2) is 12.1. The van der Waals surface area contributed by atoms with E-state index in [1.165, 1.54) is 4.90 Å². The maximum absolute atomic E-state index is 10.9. The molecule has 0 atom stereocenters. The van der Waals surface area contributed by atoms with Crippen LogP contribution < -0.4 is 0 Å². The molecule has 0 saturated carbocycles. The highest BCUT2D eigenvalue weighted by Crippen LogP contribution is 2.08. The molecule has 0 rings (SSSR count). The van der Waals surface area contributed by atoms with E-state index < -0.39 is 21.8 Å². The molecular formula is C7H15B3F12NO2-3. The minimum Gasteiger partial charge on any atom is -0.444 e. The van der Waals surface area contributed by atoms with Crippen LogP contribution in [0.3, 0.4) is 0 Å². The Morgan fingerprint density at radius 3 is 0.880 bits per heavy atom. The first kappa shape index (κ1) is 31.4. The summed E-state index contributed by atoms with van der Waals surface area (Å²) in [5.41, 5.74) is -0.388. The van der Waals surface area contributed by atoms with Crippen LogP contribution in [0.25, 0.3) is 0 Å². The molecule has 0 aromatic carbocycles. The predicted molar refractivity (Wildman–Crippen MR) is 70.5 cm³/mol. The lowest BCUT2D eigenvalue weighted by molar-refractivity contribution is 0.0341. The zero-order valence-corrected chi connectivity index (χ0v) is 13.5. The summed E-state index contributed by atoms with van der Waals surface area (Å²) in [4.78, 5) is 12.3. The molecule has 0 saturated heterocycles. The molecule has 0 radical (unpaired) electrons. The minimum absolute atomic E-state index is 0.299. The number of rotatable bonds is 0. The number of amides is 1.